The van der Waals surface area contributed by atoms with Crippen molar-refractivity contribution < 1.29 is 22.7 Å². The minimum Gasteiger partial charge on any atom is -0.435 e. The first-order chi connectivity index (χ1) is 10.9. The third kappa shape index (κ3) is 3.77. The van der Waals surface area contributed by atoms with Crippen molar-refractivity contribution in [2.45, 2.75) is 13.5 Å². The molecule has 2 rings (SSSR count). The Labute approximate surface area is 129 Å². The van der Waals surface area contributed by atoms with Crippen LogP contribution in [0.3, 0.4) is 0 Å². The van der Waals surface area contributed by atoms with E-state index in [0.29, 0.717) is 0 Å². The molecule has 0 spiro atoms. The van der Waals surface area contributed by atoms with Gasteiger partial charge in [0.25, 0.3) is 0 Å². The molecule has 0 bridgehead atoms. The van der Waals surface area contributed by atoms with Gasteiger partial charge in [0.1, 0.15) is 17.6 Å². The minimum absolute atomic E-state index is 0.0393. The number of nitrogens with zero attached hydrogens (tertiary/aromatic N) is 3. The topological polar surface area (TPSA) is 66.2 Å². The molecule has 0 saturated carbocycles. The summed E-state index contributed by atoms with van der Waals surface area (Å²) in [5.74, 6) is -1.32. The highest BCUT2D eigenvalue weighted by atomic mass is 19.3. The molecule has 8 heteroatoms. The van der Waals surface area contributed by atoms with Gasteiger partial charge in [-0.05, 0) is 24.3 Å². The van der Waals surface area contributed by atoms with Crippen LogP contribution in [0.4, 0.5) is 24.5 Å². The van der Waals surface area contributed by atoms with Crippen molar-refractivity contribution >= 4 is 17.3 Å². The quantitative estimate of drug-likeness (QED) is 0.866. The van der Waals surface area contributed by atoms with E-state index in [4.69, 9.17) is 5.26 Å². The lowest BCUT2D eigenvalue weighted by molar-refractivity contribution is -0.115. The zero-order valence-corrected chi connectivity index (χ0v) is 11.8. The molecule has 0 aliphatic heterocycles. The van der Waals surface area contributed by atoms with E-state index in [1.165, 1.54) is 31.2 Å². The van der Waals surface area contributed by atoms with Crippen molar-refractivity contribution in [1.82, 2.24) is 4.98 Å². The molecule has 1 aromatic carbocycles. The third-order valence-electron chi connectivity index (χ3n) is 2.82. The van der Waals surface area contributed by atoms with Crippen LogP contribution in [-0.2, 0) is 4.79 Å². The molecule has 0 fully saturated rings. The van der Waals surface area contributed by atoms with Crippen molar-refractivity contribution in [3.63, 3.8) is 0 Å². The van der Waals surface area contributed by atoms with E-state index in [1.54, 1.807) is 6.07 Å². The first-order valence-corrected chi connectivity index (χ1v) is 6.33. The Morgan fingerprint density at radius 1 is 1.35 bits per heavy atom. The first kappa shape index (κ1) is 16.3. The van der Waals surface area contributed by atoms with Crippen LogP contribution in [0.2, 0.25) is 0 Å². The monoisotopic (exact) mass is 321 g/mol. The number of alkyl halides is 2. The Balaban J connectivity index is 2.46. The van der Waals surface area contributed by atoms with Gasteiger partial charge in [-0.15, -0.1) is 0 Å². The molecule has 0 N–H and O–H groups in total. The molecule has 0 saturated heterocycles. The molecule has 0 aliphatic carbocycles. The second-order valence-electron chi connectivity index (χ2n) is 4.36. The SMILES string of the molecule is CC(=O)N(c1ccc(OC(F)F)cc1)c1cc(F)cnc1C#N. The number of amides is 1. The second kappa shape index (κ2) is 6.79. The van der Waals surface area contributed by atoms with E-state index >= 15 is 0 Å². The predicted octanol–water partition coefficient (Wildman–Crippen LogP) is 3.38. The van der Waals surface area contributed by atoms with E-state index in [-0.39, 0.29) is 22.8 Å². The number of anilines is 2. The average molecular weight is 321 g/mol. The van der Waals surface area contributed by atoms with E-state index < -0.39 is 18.3 Å². The summed E-state index contributed by atoms with van der Waals surface area (Å²) in [4.78, 5) is 16.6. The van der Waals surface area contributed by atoms with Crippen LogP contribution in [-0.4, -0.2) is 17.5 Å². The van der Waals surface area contributed by atoms with Gasteiger partial charge in [0.2, 0.25) is 5.91 Å². The van der Waals surface area contributed by atoms with Crippen molar-refractivity contribution in [3.8, 4) is 11.8 Å². The predicted molar refractivity (Wildman–Crippen MR) is 74.8 cm³/mol. The van der Waals surface area contributed by atoms with Gasteiger partial charge in [0.15, 0.2) is 5.69 Å². The van der Waals surface area contributed by atoms with Gasteiger partial charge in [0.05, 0.1) is 11.9 Å². The Hall–Kier alpha value is -3.08. The van der Waals surface area contributed by atoms with Crippen LogP contribution in [0.15, 0.2) is 36.5 Å². The zero-order chi connectivity index (χ0) is 17.0. The number of pyridine rings is 1. The van der Waals surface area contributed by atoms with E-state index in [1.807, 2.05) is 0 Å². The third-order valence-corrected chi connectivity index (χ3v) is 2.82. The zero-order valence-electron chi connectivity index (χ0n) is 11.8. The standard InChI is InChI=1S/C15H10F3N3O2/c1-9(22)21(14-6-10(16)8-20-13(14)7-19)11-2-4-12(5-3-11)23-15(17)18/h2-6,8,15H,1H3. The number of nitriles is 1. The molecule has 0 radical (unpaired) electrons. The molecule has 0 aliphatic rings. The lowest BCUT2D eigenvalue weighted by Gasteiger charge is -2.22. The van der Waals surface area contributed by atoms with Gasteiger partial charge >= 0.3 is 6.61 Å². The number of rotatable bonds is 4. The van der Waals surface area contributed by atoms with Crippen molar-refractivity contribution in [2.75, 3.05) is 4.90 Å². The van der Waals surface area contributed by atoms with Crippen LogP contribution >= 0.6 is 0 Å². The number of hydrogen-bond acceptors (Lipinski definition) is 4. The van der Waals surface area contributed by atoms with Gasteiger partial charge in [-0.25, -0.2) is 9.37 Å². The lowest BCUT2D eigenvalue weighted by atomic mass is 10.2. The minimum atomic E-state index is -2.97. The number of benzene rings is 1. The maximum Gasteiger partial charge on any atom is 0.387 e. The molecule has 5 nitrogen and oxygen atoms in total. The van der Waals surface area contributed by atoms with Crippen molar-refractivity contribution in [1.29, 1.82) is 5.26 Å². The highest BCUT2D eigenvalue weighted by molar-refractivity contribution is 6.00. The van der Waals surface area contributed by atoms with E-state index in [0.717, 1.165) is 17.2 Å². The number of aromatic nitrogens is 1. The number of carbonyl (C=O) groups is 1. The molecular weight excluding hydrogens is 311 g/mol. The molecule has 1 aromatic heterocycles. The Morgan fingerprint density at radius 2 is 2.00 bits per heavy atom. The molecule has 0 unspecified atom stereocenters. The summed E-state index contributed by atoms with van der Waals surface area (Å²) in [6, 6.07) is 7.91. The van der Waals surface area contributed by atoms with Crippen LogP contribution < -0.4 is 9.64 Å². The molecule has 1 amide bonds. The van der Waals surface area contributed by atoms with Gasteiger partial charge in [-0.2, -0.15) is 14.0 Å². The summed E-state index contributed by atoms with van der Waals surface area (Å²) >= 11 is 0. The molecular formula is C15H10F3N3O2. The fraction of sp³-hybridized carbons (Fsp3) is 0.133. The summed E-state index contributed by atoms with van der Waals surface area (Å²) in [5.41, 5.74) is 0.0695. The largest absolute Gasteiger partial charge is 0.435 e. The maximum absolute atomic E-state index is 13.4. The van der Waals surface area contributed by atoms with E-state index in [2.05, 4.69) is 9.72 Å². The molecule has 0 atom stereocenters. The smallest absolute Gasteiger partial charge is 0.387 e. The van der Waals surface area contributed by atoms with Crippen molar-refractivity contribution in [2.24, 2.45) is 0 Å². The lowest BCUT2D eigenvalue weighted by Crippen LogP contribution is -2.24. The summed E-state index contributed by atoms with van der Waals surface area (Å²) in [5, 5.41) is 9.05. The number of hydrogen-bond donors (Lipinski definition) is 0. The van der Waals surface area contributed by atoms with Gasteiger partial charge in [-0.1, -0.05) is 0 Å². The number of carbonyl (C=O) groups excluding carboxylic acids is 1. The van der Waals surface area contributed by atoms with Gasteiger partial charge in [0, 0.05) is 18.7 Å². The van der Waals surface area contributed by atoms with Gasteiger partial charge in [-0.3, -0.25) is 9.69 Å². The summed E-state index contributed by atoms with van der Waals surface area (Å²) in [7, 11) is 0. The molecule has 118 valence electrons. The van der Waals surface area contributed by atoms with Crippen LogP contribution in [0.1, 0.15) is 12.6 Å². The molecule has 23 heavy (non-hydrogen) atoms. The van der Waals surface area contributed by atoms with E-state index in [9.17, 15) is 18.0 Å². The van der Waals surface area contributed by atoms with Crippen LogP contribution in [0, 0.1) is 17.1 Å². The summed E-state index contributed by atoms with van der Waals surface area (Å²) < 4.78 is 41.9. The fourth-order valence-electron chi connectivity index (χ4n) is 1.95. The molecule has 2 aromatic rings. The van der Waals surface area contributed by atoms with Crippen LogP contribution in [0.25, 0.3) is 0 Å². The number of ether oxygens (including phenoxy) is 1. The Morgan fingerprint density at radius 3 is 2.52 bits per heavy atom. The number of halogens is 3. The highest BCUT2D eigenvalue weighted by Gasteiger charge is 2.20. The second-order valence-corrected chi connectivity index (χ2v) is 4.36. The Bertz CT molecular complexity index is 758. The highest BCUT2D eigenvalue weighted by Crippen LogP contribution is 2.30. The maximum atomic E-state index is 13.4. The summed E-state index contributed by atoms with van der Waals surface area (Å²) in [6.07, 6.45) is 0.861. The summed E-state index contributed by atoms with van der Waals surface area (Å²) in [6.45, 7) is -1.75. The average Bonchev–Trinajstić information content (AvgIpc) is 2.48. The Kier molecular flexibility index (Phi) is 4.81. The molecule has 1 heterocycles. The van der Waals surface area contributed by atoms with Gasteiger partial charge < -0.3 is 4.74 Å². The van der Waals surface area contributed by atoms with Crippen molar-refractivity contribution in [3.05, 3.63) is 48.0 Å². The fourth-order valence-corrected chi connectivity index (χ4v) is 1.95. The first-order valence-electron chi connectivity index (χ1n) is 6.33. The van der Waals surface area contributed by atoms with Crippen LogP contribution in [0.5, 0.6) is 5.75 Å². The normalized spacial score (nSPS) is 10.3.